The Balaban J connectivity index is 3.55. The zero-order valence-corrected chi connectivity index (χ0v) is 31.7. The molecule has 0 aliphatic heterocycles. The molecule has 0 aliphatic carbocycles. The van der Waals surface area contributed by atoms with Gasteiger partial charge in [-0.15, -0.1) is 0 Å². The third-order valence-corrected chi connectivity index (χ3v) is 9.99. The van der Waals surface area contributed by atoms with Crippen LogP contribution in [0.4, 0.5) is 0 Å². The molecule has 0 saturated carbocycles. The fourth-order valence-electron chi connectivity index (χ4n) is 6.40. The minimum absolute atomic E-state index is 0.0620. The van der Waals surface area contributed by atoms with E-state index in [1.807, 2.05) is 6.08 Å². The Morgan fingerprint density at radius 3 is 1.39 bits per heavy atom. The van der Waals surface area contributed by atoms with Crippen LogP contribution in [0.5, 0.6) is 0 Å². The average molecular weight is 650 g/mol. The van der Waals surface area contributed by atoms with Gasteiger partial charge in [0, 0.05) is 6.42 Å². The van der Waals surface area contributed by atoms with Gasteiger partial charge in [-0.05, 0) is 31.1 Å². The molecule has 0 bridgehead atoms. The van der Waals surface area contributed by atoms with E-state index in [1.165, 1.54) is 161 Å². The summed E-state index contributed by atoms with van der Waals surface area (Å²) in [5.41, 5.74) is 0. The van der Waals surface area contributed by atoms with Crippen LogP contribution < -0.4 is 5.32 Å². The van der Waals surface area contributed by atoms with E-state index in [0.717, 1.165) is 37.5 Å². The molecule has 3 atom stereocenters. The third kappa shape index (κ3) is 33.0. The lowest BCUT2D eigenvalue weighted by Crippen LogP contribution is -2.45. The number of carbonyl (C=O) groups excluding carboxylic acids is 1. The maximum absolute atomic E-state index is 12.4. The van der Waals surface area contributed by atoms with Crippen molar-refractivity contribution >= 4 is 5.91 Å². The lowest BCUT2D eigenvalue weighted by Gasteiger charge is -2.20. The number of hydrogen-bond donors (Lipinski definition) is 3. The molecule has 274 valence electrons. The molecule has 0 fully saturated rings. The molecule has 3 N–H and O–H groups in total. The Bertz CT molecular complexity index is 649. The monoisotopic (exact) mass is 650 g/mol. The van der Waals surface area contributed by atoms with Gasteiger partial charge in [0.2, 0.25) is 5.91 Å². The van der Waals surface area contributed by atoms with Crippen LogP contribution in [0.2, 0.25) is 0 Å². The van der Waals surface area contributed by atoms with E-state index >= 15 is 0 Å². The van der Waals surface area contributed by atoms with E-state index in [4.69, 9.17) is 0 Å². The van der Waals surface area contributed by atoms with Crippen LogP contribution in [0.25, 0.3) is 0 Å². The molecule has 1 unspecified atom stereocenters. The molecule has 0 rings (SSSR count). The van der Waals surface area contributed by atoms with Crippen LogP contribution in [-0.4, -0.2) is 34.9 Å². The predicted molar refractivity (Wildman–Crippen MR) is 202 cm³/mol. The molecular formula is C42H83NO3. The summed E-state index contributed by atoms with van der Waals surface area (Å²) in [5, 5.41) is 23.0. The normalized spacial score (nSPS) is 13.9. The first kappa shape index (κ1) is 45.1. The minimum Gasteiger partial charge on any atom is -0.394 e. The van der Waals surface area contributed by atoms with Crippen molar-refractivity contribution in [2.75, 3.05) is 6.61 Å². The van der Waals surface area contributed by atoms with Crippen molar-refractivity contribution in [1.82, 2.24) is 5.32 Å². The van der Waals surface area contributed by atoms with Crippen LogP contribution in [0.15, 0.2) is 12.2 Å². The highest BCUT2D eigenvalue weighted by Gasteiger charge is 2.17. The van der Waals surface area contributed by atoms with E-state index in [2.05, 4.69) is 33.0 Å². The maximum atomic E-state index is 12.4. The quantitative estimate of drug-likeness (QED) is 0.0467. The van der Waals surface area contributed by atoms with Gasteiger partial charge in [0.15, 0.2) is 0 Å². The number of hydrogen-bond acceptors (Lipinski definition) is 3. The van der Waals surface area contributed by atoms with Gasteiger partial charge in [0.1, 0.15) is 0 Å². The van der Waals surface area contributed by atoms with Crippen LogP contribution in [0.3, 0.4) is 0 Å². The smallest absolute Gasteiger partial charge is 0.220 e. The Morgan fingerprint density at radius 1 is 0.587 bits per heavy atom. The highest BCUT2D eigenvalue weighted by molar-refractivity contribution is 5.76. The highest BCUT2D eigenvalue weighted by atomic mass is 16.3. The molecular weight excluding hydrogens is 566 g/mol. The van der Waals surface area contributed by atoms with Crippen LogP contribution in [0, 0.1) is 11.8 Å². The number of carbonyl (C=O) groups is 1. The van der Waals surface area contributed by atoms with Gasteiger partial charge in [-0.1, -0.05) is 207 Å². The van der Waals surface area contributed by atoms with E-state index in [-0.39, 0.29) is 12.5 Å². The molecule has 0 radical (unpaired) electrons. The summed E-state index contributed by atoms with van der Waals surface area (Å²) in [6.45, 7) is 9.06. The summed E-state index contributed by atoms with van der Waals surface area (Å²) in [5.74, 6) is 1.69. The average Bonchev–Trinajstić information content (AvgIpc) is 3.04. The van der Waals surface area contributed by atoms with Crippen molar-refractivity contribution in [3.63, 3.8) is 0 Å². The van der Waals surface area contributed by atoms with Gasteiger partial charge in [0.05, 0.1) is 18.8 Å². The Kier molecular flexibility index (Phi) is 34.8. The first-order valence-corrected chi connectivity index (χ1v) is 20.7. The van der Waals surface area contributed by atoms with E-state index < -0.39 is 12.1 Å². The first-order valence-electron chi connectivity index (χ1n) is 20.7. The minimum atomic E-state index is -0.835. The number of amides is 1. The van der Waals surface area contributed by atoms with Crippen molar-refractivity contribution in [2.24, 2.45) is 11.8 Å². The van der Waals surface area contributed by atoms with Crippen molar-refractivity contribution in [3.05, 3.63) is 12.2 Å². The van der Waals surface area contributed by atoms with Crippen molar-refractivity contribution < 1.29 is 15.0 Å². The van der Waals surface area contributed by atoms with Crippen molar-refractivity contribution in [3.8, 4) is 0 Å². The topological polar surface area (TPSA) is 69.6 Å². The second-order valence-corrected chi connectivity index (χ2v) is 15.1. The van der Waals surface area contributed by atoms with E-state index in [0.29, 0.717) is 6.42 Å². The van der Waals surface area contributed by atoms with E-state index in [1.54, 1.807) is 6.08 Å². The molecule has 1 amide bonds. The summed E-state index contributed by atoms with van der Waals surface area (Å²) in [6.07, 6.45) is 41.6. The number of rotatable bonds is 36. The van der Waals surface area contributed by atoms with Gasteiger partial charge < -0.3 is 15.5 Å². The molecule has 4 nitrogen and oxygen atoms in total. The molecule has 0 aromatic heterocycles. The molecule has 0 aromatic carbocycles. The SMILES string of the molecule is CCC(C)CCCCCCCCCC/C=C/[C@@H](O)[C@H](CO)NC(=O)CCCCCCCCCCCCCCCCCCCC(C)C. The van der Waals surface area contributed by atoms with Crippen LogP contribution in [0.1, 0.15) is 220 Å². The van der Waals surface area contributed by atoms with Crippen molar-refractivity contribution in [2.45, 2.75) is 232 Å². The van der Waals surface area contributed by atoms with E-state index in [9.17, 15) is 15.0 Å². The lowest BCUT2D eigenvalue weighted by molar-refractivity contribution is -0.123. The maximum Gasteiger partial charge on any atom is 0.220 e. The molecule has 0 saturated heterocycles. The Hall–Kier alpha value is -0.870. The standard InChI is InChI=1S/C42H83NO3/c1-5-39(4)34-30-26-22-18-15-16-19-23-27-31-35-41(45)40(37-44)43-42(46)36-32-28-24-20-14-12-10-8-6-7-9-11-13-17-21-25-29-33-38(2)3/h31,35,38-41,44-45H,5-30,32-34,36-37H2,1-4H3,(H,43,46)/b35-31+/t39?,40-,41+/m0/s1. The Labute approximate surface area is 288 Å². The summed E-state index contributed by atoms with van der Waals surface area (Å²) in [4.78, 5) is 12.4. The second kappa shape index (κ2) is 35.4. The number of aliphatic hydroxyl groups is 2. The summed E-state index contributed by atoms with van der Waals surface area (Å²) >= 11 is 0. The lowest BCUT2D eigenvalue weighted by atomic mass is 9.99. The molecule has 0 aliphatic rings. The molecule has 4 heteroatoms. The zero-order valence-electron chi connectivity index (χ0n) is 31.7. The number of allylic oxidation sites excluding steroid dienone is 1. The van der Waals surface area contributed by atoms with Gasteiger partial charge in [0.25, 0.3) is 0 Å². The first-order chi connectivity index (χ1) is 22.4. The number of nitrogens with one attached hydrogen (secondary N) is 1. The third-order valence-electron chi connectivity index (χ3n) is 9.99. The summed E-state index contributed by atoms with van der Waals surface area (Å²) in [6, 6.07) is -0.617. The van der Waals surface area contributed by atoms with Crippen LogP contribution >= 0.6 is 0 Å². The van der Waals surface area contributed by atoms with Gasteiger partial charge in [-0.3, -0.25) is 4.79 Å². The second-order valence-electron chi connectivity index (χ2n) is 15.1. The largest absolute Gasteiger partial charge is 0.394 e. The Morgan fingerprint density at radius 2 is 0.978 bits per heavy atom. The zero-order chi connectivity index (χ0) is 33.9. The fourth-order valence-corrected chi connectivity index (χ4v) is 6.40. The van der Waals surface area contributed by atoms with Crippen LogP contribution in [-0.2, 0) is 4.79 Å². The van der Waals surface area contributed by atoms with Crippen molar-refractivity contribution in [1.29, 1.82) is 0 Å². The summed E-state index contributed by atoms with van der Waals surface area (Å²) in [7, 11) is 0. The van der Waals surface area contributed by atoms with Gasteiger partial charge >= 0.3 is 0 Å². The van der Waals surface area contributed by atoms with Gasteiger partial charge in [-0.25, -0.2) is 0 Å². The predicted octanol–water partition coefficient (Wildman–Crippen LogP) is 12.4. The van der Waals surface area contributed by atoms with Gasteiger partial charge in [-0.2, -0.15) is 0 Å². The molecule has 0 heterocycles. The molecule has 0 aromatic rings. The number of unbranched alkanes of at least 4 members (excludes halogenated alkanes) is 24. The molecule has 0 spiro atoms. The fraction of sp³-hybridized carbons (Fsp3) is 0.929. The molecule has 46 heavy (non-hydrogen) atoms. The highest BCUT2D eigenvalue weighted by Crippen LogP contribution is 2.17. The number of aliphatic hydroxyl groups excluding tert-OH is 2. The summed E-state index contributed by atoms with van der Waals surface area (Å²) < 4.78 is 0.